The summed E-state index contributed by atoms with van der Waals surface area (Å²) in [5.41, 5.74) is 2.03. The Kier molecular flexibility index (Phi) is 4.40. The lowest BCUT2D eigenvalue weighted by molar-refractivity contribution is -0.147. The second-order valence-corrected chi connectivity index (χ2v) is 6.36. The quantitative estimate of drug-likeness (QED) is 0.424. The van der Waals surface area contributed by atoms with Crippen LogP contribution in [0, 0.1) is 0 Å². The van der Waals surface area contributed by atoms with Crippen LogP contribution in [-0.4, -0.2) is 5.97 Å². The highest BCUT2D eigenvalue weighted by Crippen LogP contribution is 2.35. The fourth-order valence-corrected chi connectivity index (χ4v) is 3.47. The monoisotopic (exact) mass is 340 g/mol. The highest BCUT2D eigenvalue weighted by molar-refractivity contribution is 5.90. The Balaban J connectivity index is 1.96. The average Bonchev–Trinajstić information content (AvgIpc) is 2.71. The van der Waals surface area contributed by atoms with Crippen molar-refractivity contribution in [1.82, 2.24) is 0 Å². The molecule has 26 heavy (non-hydrogen) atoms. The van der Waals surface area contributed by atoms with E-state index < -0.39 is 6.10 Å². The maximum atomic E-state index is 12.2. The highest BCUT2D eigenvalue weighted by Gasteiger charge is 2.22. The van der Waals surface area contributed by atoms with E-state index in [1.165, 1.54) is 0 Å². The second-order valence-electron chi connectivity index (χ2n) is 6.36. The summed E-state index contributed by atoms with van der Waals surface area (Å²) in [6.07, 6.45) is -0.0777. The maximum absolute atomic E-state index is 12.2. The molecule has 128 valence electrons. The number of benzene rings is 4. The molecule has 0 unspecified atom stereocenters. The number of ether oxygens (including phenoxy) is 1. The summed E-state index contributed by atoms with van der Waals surface area (Å²) in [7, 11) is 0. The van der Waals surface area contributed by atoms with Gasteiger partial charge in [0.1, 0.15) is 0 Å². The van der Waals surface area contributed by atoms with Gasteiger partial charge in [-0.3, -0.25) is 4.79 Å². The third kappa shape index (κ3) is 2.95. The predicted molar refractivity (Wildman–Crippen MR) is 106 cm³/mol. The highest BCUT2D eigenvalue weighted by atomic mass is 16.5. The van der Waals surface area contributed by atoms with Crippen LogP contribution in [0.15, 0.2) is 84.9 Å². The molecule has 0 N–H and O–H groups in total. The number of carbonyl (C=O) groups excluding carboxylic acids is 1. The number of fused-ring (bicyclic) bond motifs is 2. The van der Waals surface area contributed by atoms with Crippen molar-refractivity contribution in [2.24, 2.45) is 0 Å². The van der Waals surface area contributed by atoms with Crippen molar-refractivity contribution in [3.63, 3.8) is 0 Å². The molecule has 0 saturated heterocycles. The summed E-state index contributed by atoms with van der Waals surface area (Å²) in [5.74, 6) is -0.198. The molecule has 4 aromatic rings. The van der Waals surface area contributed by atoms with Crippen LogP contribution in [-0.2, 0) is 9.53 Å². The Morgan fingerprint density at radius 2 is 1.19 bits per heavy atom. The number of rotatable bonds is 4. The molecule has 0 spiro atoms. The van der Waals surface area contributed by atoms with Gasteiger partial charge in [-0.1, -0.05) is 91.9 Å². The van der Waals surface area contributed by atoms with E-state index in [4.69, 9.17) is 4.74 Å². The molecule has 0 heterocycles. The van der Waals surface area contributed by atoms with Gasteiger partial charge in [-0.05, 0) is 21.5 Å². The van der Waals surface area contributed by atoms with Crippen molar-refractivity contribution in [2.75, 3.05) is 0 Å². The van der Waals surface area contributed by atoms with Crippen LogP contribution in [0.1, 0.15) is 30.6 Å². The van der Waals surface area contributed by atoms with Crippen LogP contribution in [0.5, 0.6) is 0 Å². The molecule has 2 nitrogen and oxygen atoms in total. The van der Waals surface area contributed by atoms with Gasteiger partial charge in [-0.2, -0.15) is 0 Å². The molecule has 2 heteroatoms. The molecule has 0 aromatic heterocycles. The van der Waals surface area contributed by atoms with Gasteiger partial charge in [0, 0.05) is 17.5 Å². The van der Waals surface area contributed by atoms with Crippen molar-refractivity contribution in [1.29, 1.82) is 0 Å². The molecule has 0 atom stereocenters. The lowest BCUT2D eigenvalue weighted by atomic mass is 9.92. The lowest BCUT2D eigenvalue weighted by Crippen LogP contribution is -2.12. The van der Waals surface area contributed by atoms with Gasteiger partial charge in [0.15, 0.2) is 6.10 Å². The van der Waals surface area contributed by atoms with Gasteiger partial charge >= 0.3 is 5.97 Å². The van der Waals surface area contributed by atoms with Crippen molar-refractivity contribution in [3.8, 4) is 0 Å². The van der Waals surface area contributed by atoms with Gasteiger partial charge in [0.25, 0.3) is 0 Å². The number of carbonyl (C=O) groups is 1. The molecule has 0 aliphatic heterocycles. The van der Waals surface area contributed by atoms with Crippen LogP contribution in [0.4, 0.5) is 0 Å². The van der Waals surface area contributed by atoms with E-state index >= 15 is 0 Å². The molecule has 4 aromatic carbocycles. The Hall–Kier alpha value is -3.13. The minimum Gasteiger partial charge on any atom is -0.452 e. The van der Waals surface area contributed by atoms with Gasteiger partial charge in [0.05, 0.1) is 0 Å². The van der Waals surface area contributed by atoms with Crippen LogP contribution < -0.4 is 0 Å². The van der Waals surface area contributed by atoms with Crippen LogP contribution >= 0.6 is 0 Å². The van der Waals surface area contributed by atoms with Crippen LogP contribution in [0.2, 0.25) is 0 Å². The lowest BCUT2D eigenvalue weighted by Gasteiger charge is -2.22. The fraction of sp³-hybridized carbons (Fsp3) is 0.125. The van der Waals surface area contributed by atoms with Crippen molar-refractivity contribution in [2.45, 2.75) is 19.4 Å². The molecule has 0 radical (unpaired) electrons. The average molecular weight is 340 g/mol. The van der Waals surface area contributed by atoms with Gasteiger partial charge < -0.3 is 4.74 Å². The third-order valence-electron chi connectivity index (χ3n) is 4.75. The first kappa shape index (κ1) is 16.3. The maximum Gasteiger partial charge on any atom is 0.306 e. The minimum atomic E-state index is -0.431. The predicted octanol–water partition coefficient (Wildman–Crippen LogP) is 6.04. The number of hydrogen-bond donors (Lipinski definition) is 0. The Morgan fingerprint density at radius 3 is 1.69 bits per heavy atom. The molecule has 0 aliphatic rings. The largest absolute Gasteiger partial charge is 0.452 e. The fourth-order valence-electron chi connectivity index (χ4n) is 3.47. The van der Waals surface area contributed by atoms with Gasteiger partial charge in [-0.15, -0.1) is 0 Å². The summed E-state index contributed by atoms with van der Waals surface area (Å²) in [4.78, 5) is 12.2. The zero-order valence-electron chi connectivity index (χ0n) is 14.7. The molecule has 4 rings (SSSR count). The molecule has 0 aliphatic carbocycles. The van der Waals surface area contributed by atoms with Crippen LogP contribution in [0.25, 0.3) is 21.5 Å². The topological polar surface area (TPSA) is 26.3 Å². The Bertz CT molecular complexity index is 992. The van der Waals surface area contributed by atoms with E-state index in [0.29, 0.717) is 6.42 Å². The SMILES string of the molecule is CCC(=O)OC(c1cccc2ccccc12)c1cccc2ccccc12. The smallest absolute Gasteiger partial charge is 0.306 e. The normalized spacial score (nSPS) is 11.2. The number of esters is 1. The number of hydrogen-bond acceptors (Lipinski definition) is 2. The molecule has 0 fully saturated rings. The van der Waals surface area contributed by atoms with Gasteiger partial charge in [-0.25, -0.2) is 0 Å². The van der Waals surface area contributed by atoms with Crippen molar-refractivity contribution >= 4 is 27.5 Å². The van der Waals surface area contributed by atoms with E-state index in [1.807, 2.05) is 43.3 Å². The first-order chi connectivity index (χ1) is 12.8. The minimum absolute atomic E-state index is 0.198. The summed E-state index contributed by atoms with van der Waals surface area (Å²) in [5, 5.41) is 4.50. The standard InChI is InChI=1S/C24H20O2/c1-2-23(25)26-24(21-15-7-11-17-9-3-5-13-19(17)21)22-16-8-12-18-10-4-6-14-20(18)22/h3-16,24H,2H2,1H3. The molecule has 0 amide bonds. The van der Waals surface area contributed by atoms with E-state index in [0.717, 1.165) is 32.7 Å². The van der Waals surface area contributed by atoms with E-state index in [9.17, 15) is 4.79 Å². The summed E-state index contributed by atoms with van der Waals surface area (Å²) >= 11 is 0. The van der Waals surface area contributed by atoms with E-state index in [2.05, 4.69) is 48.5 Å². The van der Waals surface area contributed by atoms with Gasteiger partial charge in [0.2, 0.25) is 0 Å². The summed E-state index contributed by atoms with van der Waals surface area (Å²) in [6.45, 7) is 1.82. The van der Waals surface area contributed by atoms with Crippen molar-refractivity contribution in [3.05, 3.63) is 96.1 Å². The first-order valence-corrected chi connectivity index (χ1v) is 8.92. The second kappa shape index (κ2) is 7.01. The van der Waals surface area contributed by atoms with E-state index in [-0.39, 0.29) is 5.97 Å². The Labute approximate surface area is 153 Å². The zero-order valence-corrected chi connectivity index (χ0v) is 14.7. The molecular formula is C24H20O2. The first-order valence-electron chi connectivity index (χ1n) is 8.92. The van der Waals surface area contributed by atoms with E-state index in [1.54, 1.807) is 0 Å². The summed E-state index contributed by atoms with van der Waals surface area (Å²) < 4.78 is 5.95. The molecular weight excluding hydrogens is 320 g/mol. The molecule has 0 bridgehead atoms. The Morgan fingerprint density at radius 1 is 0.731 bits per heavy atom. The third-order valence-corrected chi connectivity index (χ3v) is 4.75. The molecule has 0 saturated carbocycles. The zero-order chi connectivity index (χ0) is 17.9. The van der Waals surface area contributed by atoms with Crippen molar-refractivity contribution < 1.29 is 9.53 Å². The van der Waals surface area contributed by atoms with Crippen LogP contribution in [0.3, 0.4) is 0 Å². The summed E-state index contributed by atoms with van der Waals surface area (Å²) in [6, 6.07) is 28.8.